The Morgan fingerprint density at radius 1 is 0.643 bits per heavy atom. The van der Waals surface area contributed by atoms with Gasteiger partial charge in [0.05, 0.1) is 5.52 Å². The van der Waals surface area contributed by atoms with Crippen LogP contribution in [0.25, 0.3) is 64.9 Å². The van der Waals surface area contributed by atoms with Crippen LogP contribution in [-0.2, 0) is 11.3 Å². The number of aryl methyl sites for hydroxylation is 1. The fourth-order valence-electron chi connectivity index (χ4n) is 7.35. The Bertz CT molecular complexity index is 2270. The topological polar surface area (TPSA) is 79.6 Å². The molecular formula is C36H28N2O4. The predicted octanol–water partition coefficient (Wildman–Crippen LogP) is 8.11. The van der Waals surface area contributed by atoms with E-state index in [0.29, 0.717) is 16.5 Å². The summed E-state index contributed by atoms with van der Waals surface area (Å²) in [5.74, 6) is -2.35. The molecule has 0 aliphatic carbocycles. The average Bonchev–Trinajstić information content (AvgIpc) is 3.32. The zero-order chi connectivity index (χ0) is 28.7. The molecule has 0 atom stereocenters. The first kappa shape index (κ1) is 24.8. The number of nitrogens with zero attached hydrogens (tertiary/aromatic N) is 2. The van der Waals surface area contributed by atoms with Gasteiger partial charge in [0.1, 0.15) is 6.54 Å². The molecule has 0 saturated heterocycles. The van der Waals surface area contributed by atoms with Crippen LogP contribution in [0.5, 0.6) is 0 Å². The zero-order valence-electron chi connectivity index (χ0n) is 23.2. The Kier molecular flexibility index (Phi) is 5.32. The second-order valence-corrected chi connectivity index (χ2v) is 11.4. The molecule has 8 rings (SSSR count). The normalized spacial score (nSPS) is 13.7. The van der Waals surface area contributed by atoms with E-state index in [-0.39, 0.29) is 0 Å². The van der Waals surface area contributed by atoms with E-state index in [2.05, 4.69) is 60.0 Å². The highest BCUT2D eigenvalue weighted by molar-refractivity contribution is 6.41. The first-order valence-corrected chi connectivity index (χ1v) is 14.6. The minimum absolute atomic E-state index is 0.369. The molecule has 6 aromatic carbocycles. The Hall–Kier alpha value is -4.97. The number of unbranched alkanes of at least 4 members (excludes halogenated alkanes) is 3. The number of imide groups is 1. The van der Waals surface area contributed by atoms with Gasteiger partial charge >= 0.3 is 5.97 Å². The van der Waals surface area contributed by atoms with Gasteiger partial charge in [0.2, 0.25) is 0 Å². The van der Waals surface area contributed by atoms with Crippen molar-refractivity contribution >= 4 is 82.7 Å². The predicted molar refractivity (Wildman–Crippen MR) is 168 cm³/mol. The van der Waals surface area contributed by atoms with Crippen LogP contribution in [0.3, 0.4) is 0 Å². The molecule has 42 heavy (non-hydrogen) atoms. The van der Waals surface area contributed by atoms with Gasteiger partial charge in [-0.05, 0) is 68.4 Å². The number of amides is 2. The molecule has 0 bridgehead atoms. The van der Waals surface area contributed by atoms with Crippen LogP contribution < -0.4 is 0 Å². The van der Waals surface area contributed by atoms with Crippen LogP contribution >= 0.6 is 0 Å². The molecule has 2 amide bonds. The number of carboxylic acids is 1. The molecule has 7 aromatic rings. The van der Waals surface area contributed by atoms with Crippen molar-refractivity contribution in [3.05, 3.63) is 83.9 Å². The third-order valence-corrected chi connectivity index (χ3v) is 9.12. The lowest BCUT2D eigenvalue weighted by Crippen LogP contribution is -2.43. The standard InChI is InChI=1S/C36H28N2O4/c1-2-3-4-7-17-37-28-12-6-5-9-23(28)32-24-11-8-10-20-21-13-15-25-34-26(36(42)38(35(25)41)19-30(39)40)16-14-22(33(21)34)27(31(20)24)18-29(32)37/h5-6,8-16,18H,2-4,7,17,19H2,1H3,(H,39,40). The number of rotatable bonds is 7. The van der Waals surface area contributed by atoms with E-state index in [1.807, 2.05) is 12.1 Å². The lowest BCUT2D eigenvalue weighted by Gasteiger charge is -2.27. The van der Waals surface area contributed by atoms with E-state index in [9.17, 15) is 19.5 Å². The third kappa shape index (κ3) is 3.23. The minimum atomic E-state index is -1.22. The number of para-hydroxylation sites is 1. The molecule has 1 aliphatic heterocycles. The second-order valence-electron chi connectivity index (χ2n) is 11.4. The Labute approximate surface area is 241 Å². The number of benzene rings is 6. The van der Waals surface area contributed by atoms with Gasteiger partial charge in [-0.25, -0.2) is 0 Å². The lowest BCUT2D eigenvalue weighted by atomic mass is 9.84. The van der Waals surface area contributed by atoms with Gasteiger partial charge < -0.3 is 9.67 Å². The smallest absolute Gasteiger partial charge is 0.323 e. The van der Waals surface area contributed by atoms with Gasteiger partial charge in [-0.2, -0.15) is 0 Å². The average molecular weight is 553 g/mol. The SMILES string of the molecule is CCCCCCn1c2ccccc2c2c3cccc4c5ccc6c7c(ccc(c(cc21)c43)c75)C(=O)N(CC(=O)O)C6=O. The van der Waals surface area contributed by atoms with Gasteiger partial charge in [0, 0.05) is 39.3 Å². The molecule has 1 aromatic heterocycles. The summed E-state index contributed by atoms with van der Waals surface area (Å²) in [5, 5.41) is 19.9. The Balaban J connectivity index is 1.50. The summed E-state index contributed by atoms with van der Waals surface area (Å²) in [5.41, 5.74) is 3.16. The molecule has 1 N–H and O–H groups in total. The summed E-state index contributed by atoms with van der Waals surface area (Å²) in [6.07, 6.45) is 4.71. The maximum absolute atomic E-state index is 13.4. The number of carboxylic acid groups (broad SMARTS) is 1. The van der Waals surface area contributed by atoms with Crippen molar-refractivity contribution in [3.63, 3.8) is 0 Å². The van der Waals surface area contributed by atoms with Crippen molar-refractivity contribution in [1.82, 2.24) is 9.47 Å². The molecule has 6 heteroatoms. The number of hydrogen-bond acceptors (Lipinski definition) is 3. The van der Waals surface area contributed by atoms with Crippen LogP contribution in [0.1, 0.15) is 53.3 Å². The molecule has 0 unspecified atom stereocenters. The van der Waals surface area contributed by atoms with Crippen LogP contribution in [0.2, 0.25) is 0 Å². The molecule has 206 valence electrons. The summed E-state index contributed by atoms with van der Waals surface area (Å²) in [6, 6.07) is 24.8. The highest BCUT2D eigenvalue weighted by Crippen LogP contribution is 2.47. The molecule has 0 fully saturated rings. The van der Waals surface area contributed by atoms with E-state index in [4.69, 9.17) is 0 Å². The van der Waals surface area contributed by atoms with Crippen molar-refractivity contribution in [2.45, 2.75) is 39.2 Å². The second kappa shape index (κ2) is 9.02. The summed E-state index contributed by atoms with van der Waals surface area (Å²) in [4.78, 5) is 39.1. The number of fused-ring (bicyclic) bond motifs is 6. The number of aliphatic carboxylic acids is 1. The van der Waals surface area contributed by atoms with Crippen LogP contribution in [-0.4, -0.2) is 38.9 Å². The highest BCUT2D eigenvalue weighted by atomic mass is 16.4. The molecule has 2 heterocycles. The summed E-state index contributed by atoms with van der Waals surface area (Å²) >= 11 is 0. The Morgan fingerprint density at radius 2 is 1.31 bits per heavy atom. The van der Waals surface area contributed by atoms with Crippen molar-refractivity contribution < 1.29 is 19.5 Å². The van der Waals surface area contributed by atoms with E-state index in [0.717, 1.165) is 44.8 Å². The van der Waals surface area contributed by atoms with Crippen molar-refractivity contribution in [3.8, 4) is 0 Å². The van der Waals surface area contributed by atoms with E-state index in [1.165, 1.54) is 51.8 Å². The quantitative estimate of drug-likeness (QED) is 0.0938. The molecular weight excluding hydrogens is 524 g/mol. The van der Waals surface area contributed by atoms with Crippen LogP contribution in [0.15, 0.2) is 72.8 Å². The minimum Gasteiger partial charge on any atom is -0.480 e. The molecule has 0 saturated carbocycles. The van der Waals surface area contributed by atoms with Crippen molar-refractivity contribution in [2.24, 2.45) is 0 Å². The third-order valence-electron chi connectivity index (χ3n) is 9.12. The van der Waals surface area contributed by atoms with E-state index >= 15 is 0 Å². The van der Waals surface area contributed by atoms with Gasteiger partial charge in [-0.1, -0.05) is 74.7 Å². The number of carbonyl (C=O) groups is 3. The van der Waals surface area contributed by atoms with Crippen molar-refractivity contribution in [2.75, 3.05) is 6.54 Å². The summed E-state index contributed by atoms with van der Waals surface area (Å²) in [7, 11) is 0. The summed E-state index contributed by atoms with van der Waals surface area (Å²) < 4.78 is 2.46. The largest absolute Gasteiger partial charge is 0.480 e. The molecule has 6 nitrogen and oxygen atoms in total. The highest BCUT2D eigenvalue weighted by Gasteiger charge is 2.35. The molecule has 0 spiro atoms. The lowest BCUT2D eigenvalue weighted by molar-refractivity contribution is -0.137. The fraction of sp³-hybridized carbons (Fsp3) is 0.194. The van der Waals surface area contributed by atoms with E-state index in [1.54, 1.807) is 12.1 Å². The van der Waals surface area contributed by atoms with E-state index < -0.39 is 24.3 Å². The number of hydrogen-bond donors (Lipinski definition) is 1. The zero-order valence-corrected chi connectivity index (χ0v) is 23.2. The van der Waals surface area contributed by atoms with Gasteiger partial charge in [-0.3, -0.25) is 19.3 Å². The first-order chi connectivity index (χ1) is 20.5. The molecule has 0 radical (unpaired) electrons. The van der Waals surface area contributed by atoms with Gasteiger partial charge in [0.25, 0.3) is 11.8 Å². The Morgan fingerprint density at radius 3 is 2.05 bits per heavy atom. The van der Waals surface area contributed by atoms with Gasteiger partial charge in [0.15, 0.2) is 0 Å². The summed E-state index contributed by atoms with van der Waals surface area (Å²) in [6.45, 7) is 2.51. The molecule has 1 aliphatic rings. The maximum atomic E-state index is 13.4. The van der Waals surface area contributed by atoms with Crippen LogP contribution in [0.4, 0.5) is 0 Å². The van der Waals surface area contributed by atoms with Crippen molar-refractivity contribution in [1.29, 1.82) is 0 Å². The fourth-order valence-corrected chi connectivity index (χ4v) is 7.35. The maximum Gasteiger partial charge on any atom is 0.323 e. The number of carbonyl (C=O) groups excluding carboxylic acids is 2. The van der Waals surface area contributed by atoms with Crippen LogP contribution in [0, 0.1) is 0 Å². The monoisotopic (exact) mass is 552 g/mol. The van der Waals surface area contributed by atoms with Gasteiger partial charge in [-0.15, -0.1) is 0 Å². The number of aromatic nitrogens is 1. The first-order valence-electron chi connectivity index (χ1n) is 14.6.